The van der Waals surface area contributed by atoms with E-state index in [2.05, 4.69) is 24.1 Å². The quantitative estimate of drug-likeness (QED) is 0.0853. The van der Waals surface area contributed by atoms with E-state index >= 15 is 0 Å². The predicted octanol–water partition coefficient (Wildman–Crippen LogP) is 5.03. The standard InChI is InChI=1S/C27H50N3O7P/c1-2-3-4-5-6-7-8-9-10-11-12-13-14-15-16-19-35-20-21-37-38(33,34)24-36-25(23-31)22-30-18-17-26(28)29-27(30)32/h9-10,17-18,25,31H,2-8,11-16,19-24H2,1H3,(H,33,34)(H2,28,29,32)/b10-9+/t25-/m0/s1. The fraction of sp³-hybridized carbons (Fsp3) is 0.778. The Kier molecular flexibility index (Phi) is 20.2. The molecule has 10 nitrogen and oxygen atoms in total. The lowest BCUT2D eigenvalue weighted by Gasteiger charge is -2.19. The average molecular weight is 560 g/mol. The molecule has 0 aliphatic heterocycles. The maximum atomic E-state index is 12.1. The third-order valence-electron chi connectivity index (χ3n) is 6.04. The number of aromatic nitrogens is 2. The Morgan fingerprint density at radius 2 is 1.63 bits per heavy atom. The lowest BCUT2D eigenvalue weighted by Crippen LogP contribution is -2.32. The Hall–Kier alpha value is -1.55. The zero-order valence-corrected chi connectivity index (χ0v) is 24.1. The number of rotatable bonds is 25. The van der Waals surface area contributed by atoms with Crippen LogP contribution in [0.3, 0.4) is 0 Å². The van der Waals surface area contributed by atoms with Crippen LogP contribution in [0.2, 0.25) is 0 Å². The third kappa shape index (κ3) is 18.7. The second-order valence-corrected chi connectivity index (χ2v) is 11.3. The Morgan fingerprint density at radius 3 is 2.26 bits per heavy atom. The first-order valence-corrected chi connectivity index (χ1v) is 15.9. The molecule has 4 N–H and O–H groups in total. The van der Waals surface area contributed by atoms with Gasteiger partial charge in [0, 0.05) is 12.8 Å². The number of aliphatic hydroxyl groups is 1. The molecule has 38 heavy (non-hydrogen) atoms. The molecule has 1 aromatic heterocycles. The Morgan fingerprint density at radius 1 is 1.00 bits per heavy atom. The second kappa shape index (κ2) is 22.3. The maximum Gasteiger partial charge on any atom is 0.353 e. The lowest BCUT2D eigenvalue weighted by atomic mass is 10.1. The molecule has 1 unspecified atom stereocenters. The van der Waals surface area contributed by atoms with Crippen molar-refractivity contribution < 1.29 is 28.6 Å². The van der Waals surface area contributed by atoms with Crippen LogP contribution >= 0.6 is 7.60 Å². The van der Waals surface area contributed by atoms with Gasteiger partial charge in [-0.1, -0.05) is 70.4 Å². The number of hydrogen-bond acceptors (Lipinski definition) is 8. The zero-order chi connectivity index (χ0) is 27.9. The van der Waals surface area contributed by atoms with Crippen molar-refractivity contribution in [2.45, 2.75) is 103 Å². The molecular weight excluding hydrogens is 509 g/mol. The van der Waals surface area contributed by atoms with E-state index in [9.17, 15) is 19.4 Å². The summed E-state index contributed by atoms with van der Waals surface area (Å²) in [5, 5.41) is 9.45. The van der Waals surface area contributed by atoms with Gasteiger partial charge in [0.2, 0.25) is 0 Å². The summed E-state index contributed by atoms with van der Waals surface area (Å²) in [6, 6.07) is 1.44. The summed E-state index contributed by atoms with van der Waals surface area (Å²) in [4.78, 5) is 25.3. The van der Waals surface area contributed by atoms with Crippen LogP contribution in [0.5, 0.6) is 0 Å². The highest BCUT2D eigenvalue weighted by Gasteiger charge is 2.22. The molecule has 0 aliphatic rings. The molecule has 1 heterocycles. The SMILES string of the molecule is CCCCCCCC/C=C/CCCCCCCOCCOP(=O)(O)CO[C@H](CO)Cn1ccc(N)nc1=O. The van der Waals surface area contributed by atoms with Crippen molar-refractivity contribution in [3.63, 3.8) is 0 Å². The van der Waals surface area contributed by atoms with Crippen LogP contribution in [0.25, 0.3) is 0 Å². The number of aliphatic hydroxyl groups excluding tert-OH is 1. The summed E-state index contributed by atoms with van der Waals surface area (Å²) in [6.45, 7) is 2.53. The molecule has 0 amide bonds. The molecule has 0 aromatic carbocycles. The first-order chi connectivity index (χ1) is 18.4. The number of nitrogens with zero attached hydrogens (tertiary/aromatic N) is 2. The monoisotopic (exact) mass is 559 g/mol. The van der Waals surface area contributed by atoms with Gasteiger partial charge in [-0.05, 0) is 38.2 Å². The van der Waals surface area contributed by atoms with E-state index in [1.807, 2.05) is 0 Å². The Bertz CT molecular complexity index is 850. The van der Waals surface area contributed by atoms with Crippen molar-refractivity contribution in [3.05, 3.63) is 34.9 Å². The molecule has 2 atom stereocenters. The van der Waals surface area contributed by atoms with E-state index in [1.165, 1.54) is 81.0 Å². The molecule has 0 spiro atoms. The predicted molar refractivity (Wildman–Crippen MR) is 151 cm³/mol. The van der Waals surface area contributed by atoms with Gasteiger partial charge in [0.1, 0.15) is 12.2 Å². The lowest BCUT2D eigenvalue weighted by molar-refractivity contribution is 0.0147. The number of allylic oxidation sites excluding steroid dienone is 2. The van der Waals surface area contributed by atoms with Crippen LogP contribution in [0.1, 0.15) is 90.4 Å². The fourth-order valence-electron chi connectivity index (χ4n) is 3.82. The smallest absolute Gasteiger partial charge is 0.353 e. The summed E-state index contributed by atoms with van der Waals surface area (Å²) < 4.78 is 29.1. The van der Waals surface area contributed by atoms with Gasteiger partial charge in [0.05, 0.1) is 32.5 Å². The fourth-order valence-corrected chi connectivity index (χ4v) is 4.65. The number of nitrogens with two attached hydrogens (primary N) is 1. The highest BCUT2D eigenvalue weighted by molar-refractivity contribution is 7.52. The molecule has 0 saturated heterocycles. The van der Waals surface area contributed by atoms with Crippen molar-refractivity contribution in [1.82, 2.24) is 9.55 Å². The molecule has 0 radical (unpaired) electrons. The van der Waals surface area contributed by atoms with E-state index < -0.39 is 32.3 Å². The van der Waals surface area contributed by atoms with Crippen LogP contribution in [-0.4, -0.2) is 58.4 Å². The molecule has 0 fully saturated rings. The number of hydrogen-bond donors (Lipinski definition) is 3. The van der Waals surface area contributed by atoms with Crippen molar-refractivity contribution in [2.24, 2.45) is 0 Å². The third-order valence-corrected chi connectivity index (χ3v) is 7.11. The van der Waals surface area contributed by atoms with Gasteiger partial charge in [-0.2, -0.15) is 4.98 Å². The largest absolute Gasteiger partial charge is 0.394 e. The average Bonchev–Trinajstić information content (AvgIpc) is 2.89. The number of anilines is 1. The molecule has 1 rings (SSSR count). The zero-order valence-electron chi connectivity index (χ0n) is 23.2. The first-order valence-electron chi connectivity index (χ1n) is 14.1. The van der Waals surface area contributed by atoms with Gasteiger partial charge in [-0.25, -0.2) is 4.79 Å². The topological polar surface area (TPSA) is 146 Å². The van der Waals surface area contributed by atoms with Crippen molar-refractivity contribution in [3.8, 4) is 0 Å². The summed E-state index contributed by atoms with van der Waals surface area (Å²) in [7, 11) is -4.02. The van der Waals surface area contributed by atoms with Gasteiger partial charge >= 0.3 is 13.3 Å². The van der Waals surface area contributed by atoms with E-state index in [4.69, 9.17) is 19.7 Å². The van der Waals surface area contributed by atoms with Crippen LogP contribution in [0.15, 0.2) is 29.2 Å². The summed E-state index contributed by atoms with van der Waals surface area (Å²) in [5.74, 6) is 0.0837. The van der Waals surface area contributed by atoms with E-state index in [0.717, 1.165) is 19.3 Å². The number of unbranched alkanes of at least 4 members (excludes halogenated alkanes) is 11. The van der Waals surface area contributed by atoms with Crippen LogP contribution in [0, 0.1) is 0 Å². The number of nitrogen functional groups attached to an aromatic ring is 1. The molecule has 11 heteroatoms. The molecule has 0 saturated carbocycles. The molecule has 0 aliphatic carbocycles. The van der Waals surface area contributed by atoms with Crippen LogP contribution in [0.4, 0.5) is 5.82 Å². The number of ether oxygens (including phenoxy) is 2. The van der Waals surface area contributed by atoms with Gasteiger partial charge < -0.3 is 29.7 Å². The molecular formula is C27H50N3O7P. The maximum absolute atomic E-state index is 12.1. The summed E-state index contributed by atoms with van der Waals surface area (Å²) in [6.07, 6.45) is 20.7. The van der Waals surface area contributed by atoms with Crippen LogP contribution < -0.4 is 11.4 Å². The molecule has 1 aromatic rings. The van der Waals surface area contributed by atoms with Gasteiger partial charge in [0.25, 0.3) is 0 Å². The van der Waals surface area contributed by atoms with E-state index in [1.54, 1.807) is 0 Å². The Balaban J connectivity index is 1.98. The van der Waals surface area contributed by atoms with E-state index in [0.29, 0.717) is 6.61 Å². The second-order valence-electron chi connectivity index (χ2n) is 9.56. The van der Waals surface area contributed by atoms with Crippen molar-refractivity contribution in [1.29, 1.82) is 0 Å². The first kappa shape index (κ1) is 34.5. The van der Waals surface area contributed by atoms with E-state index in [-0.39, 0.29) is 25.6 Å². The highest BCUT2D eigenvalue weighted by Crippen LogP contribution is 2.41. The summed E-state index contributed by atoms with van der Waals surface area (Å²) in [5.41, 5.74) is 4.85. The highest BCUT2D eigenvalue weighted by atomic mass is 31.2. The van der Waals surface area contributed by atoms with Crippen molar-refractivity contribution >= 4 is 13.4 Å². The summed E-state index contributed by atoms with van der Waals surface area (Å²) >= 11 is 0. The van der Waals surface area contributed by atoms with Gasteiger partial charge in [-0.3, -0.25) is 9.13 Å². The minimum Gasteiger partial charge on any atom is -0.394 e. The molecule has 220 valence electrons. The Labute approximate surface area is 228 Å². The minimum atomic E-state index is -4.02. The van der Waals surface area contributed by atoms with Crippen LogP contribution in [-0.2, 0) is 25.1 Å². The minimum absolute atomic E-state index is 0.0344. The van der Waals surface area contributed by atoms with Crippen molar-refractivity contribution in [2.75, 3.05) is 38.5 Å². The normalized spacial score (nSPS) is 14.2. The van der Waals surface area contributed by atoms with Gasteiger partial charge in [-0.15, -0.1) is 0 Å². The van der Waals surface area contributed by atoms with Gasteiger partial charge in [0.15, 0.2) is 0 Å². The molecule has 0 bridgehead atoms.